The maximum Gasteiger partial charge on any atom is 0.247 e. The van der Waals surface area contributed by atoms with Gasteiger partial charge in [0.1, 0.15) is 11.8 Å². The number of amides is 1. The van der Waals surface area contributed by atoms with E-state index in [1.165, 1.54) is 31.2 Å². The Hall–Kier alpha value is -1.29. The normalized spacial score (nSPS) is 24.6. The van der Waals surface area contributed by atoms with E-state index in [2.05, 4.69) is 5.32 Å². The van der Waals surface area contributed by atoms with Crippen LogP contribution in [0.4, 0.5) is 0 Å². The fourth-order valence-corrected chi connectivity index (χ4v) is 3.41. The molecular weight excluding hydrogens is 240 g/mol. The van der Waals surface area contributed by atoms with Crippen LogP contribution in [0.3, 0.4) is 0 Å². The molecule has 1 fully saturated rings. The second kappa shape index (κ2) is 5.37. The van der Waals surface area contributed by atoms with Crippen molar-refractivity contribution < 1.29 is 9.21 Å². The highest BCUT2D eigenvalue weighted by molar-refractivity contribution is 5.83. The van der Waals surface area contributed by atoms with Gasteiger partial charge < -0.3 is 14.6 Å². The molecule has 1 saturated carbocycles. The monoisotopic (exact) mass is 262 g/mol. The molecule has 0 spiro atoms. The highest BCUT2D eigenvalue weighted by atomic mass is 16.3. The lowest BCUT2D eigenvalue weighted by molar-refractivity contribution is -0.134. The van der Waals surface area contributed by atoms with Crippen molar-refractivity contribution in [2.24, 2.45) is 5.92 Å². The van der Waals surface area contributed by atoms with Gasteiger partial charge in [0.25, 0.3) is 0 Å². The summed E-state index contributed by atoms with van der Waals surface area (Å²) in [7, 11) is 1.83. The molecule has 2 aliphatic rings. The van der Waals surface area contributed by atoms with E-state index in [0.29, 0.717) is 5.92 Å². The lowest BCUT2D eigenvalue weighted by Gasteiger charge is -2.26. The van der Waals surface area contributed by atoms with Gasteiger partial charge in [0.05, 0.1) is 6.26 Å². The number of nitrogens with zero attached hydrogens (tertiary/aromatic N) is 1. The molecule has 4 nitrogen and oxygen atoms in total. The molecule has 19 heavy (non-hydrogen) atoms. The highest BCUT2D eigenvalue weighted by Gasteiger charge is 2.33. The number of fused-ring (bicyclic) bond motifs is 1. The Kier molecular flexibility index (Phi) is 3.60. The zero-order valence-corrected chi connectivity index (χ0v) is 11.5. The molecule has 1 amide bonds. The highest BCUT2D eigenvalue weighted by Crippen LogP contribution is 2.29. The molecule has 3 rings (SSSR count). The summed E-state index contributed by atoms with van der Waals surface area (Å²) < 4.78 is 5.52. The van der Waals surface area contributed by atoms with Gasteiger partial charge >= 0.3 is 0 Å². The van der Waals surface area contributed by atoms with Crippen LogP contribution < -0.4 is 5.32 Å². The van der Waals surface area contributed by atoms with Crippen LogP contribution in [0.5, 0.6) is 0 Å². The summed E-state index contributed by atoms with van der Waals surface area (Å²) in [4.78, 5) is 14.7. The van der Waals surface area contributed by atoms with Crippen molar-refractivity contribution in [1.82, 2.24) is 10.2 Å². The third-order valence-electron chi connectivity index (χ3n) is 4.49. The van der Waals surface area contributed by atoms with Crippen molar-refractivity contribution in [2.45, 2.75) is 38.1 Å². The minimum absolute atomic E-state index is 0.170. The number of hydrogen-bond donors (Lipinski definition) is 1. The van der Waals surface area contributed by atoms with E-state index in [1.54, 1.807) is 6.26 Å². The van der Waals surface area contributed by atoms with Crippen LogP contribution in [-0.2, 0) is 11.2 Å². The maximum atomic E-state index is 12.6. The Balaban J connectivity index is 1.77. The first-order valence-corrected chi connectivity index (χ1v) is 7.32. The Morgan fingerprint density at radius 2 is 2.21 bits per heavy atom. The van der Waals surface area contributed by atoms with Crippen molar-refractivity contribution in [3.05, 3.63) is 23.7 Å². The SMILES string of the molecule is CNC1C(=O)N(CC2CCCC2)CCc2ccoc21. The topological polar surface area (TPSA) is 45.5 Å². The molecule has 1 aliphatic heterocycles. The summed E-state index contributed by atoms with van der Waals surface area (Å²) in [5, 5.41) is 3.11. The van der Waals surface area contributed by atoms with E-state index in [4.69, 9.17) is 4.42 Å². The minimum atomic E-state index is -0.311. The van der Waals surface area contributed by atoms with E-state index < -0.39 is 0 Å². The predicted molar refractivity (Wildman–Crippen MR) is 72.8 cm³/mol. The van der Waals surface area contributed by atoms with Crippen LogP contribution in [-0.4, -0.2) is 30.9 Å². The molecule has 0 radical (unpaired) electrons. The van der Waals surface area contributed by atoms with Crippen LogP contribution in [0.1, 0.15) is 43.0 Å². The molecule has 2 heterocycles. The lowest BCUT2D eigenvalue weighted by Crippen LogP contribution is -2.41. The van der Waals surface area contributed by atoms with Crippen LogP contribution in [0.25, 0.3) is 0 Å². The molecule has 1 unspecified atom stereocenters. The van der Waals surface area contributed by atoms with Crippen molar-refractivity contribution in [3.8, 4) is 0 Å². The van der Waals surface area contributed by atoms with Crippen LogP contribution in [0, 0.1) is 5.92 Å². The molecule has 1 aliphatic carbocycles. The van der Waals surface area contributed by atoms with Gasteiger partial charge in [0.2, 0.25) is 5.91 Å². The maximum absolute atomic E-state index is 12.6. The van der Waals surface area contributed by atoms with Gasteiger partial charge in [0, 0.05) is 13.1 Å². The first kappa shape index (κ1) is 12.7. The van der Waals surface area contributed by atoms with E-state index >= 15 is 0 Å². The summed E-state index contributed by atoms with van der Waals surface area (Å²) >= 11 is 0. The molecule has 1 N–H and O–H groups in total. The fourth-order valence-electron chi connectivity index (χ4n) is 3.41. The number of carbonyl (C=O) groups excluding carboxylic acids is 1. The third-order valence-corrected chi connectivity index (χ3v) is 4.49. The number of hydrogen-bond acceptors (Lipinski definition) is 3. The average molecular weight is 262 g/mol. The van der Waals surface area contributed by atoms with E-state index in [9.17, 15) is 4.79 Å². The predicted octanol–water partition coefficient (Wildman–Crippen LogP) is 2.11. The molecule has 0 bridgehead atoms. The minimum Gasteiger partial charge on any atom is -0.467 e. The molecule has 0 aromatic carbocycles. The molecule has 4 heteroatoms. The van der Waals surface area contributed by atoms with Crippen molar-refractivity contribution in [1.29, 1.82) is 0 Å². The summed E-state index contributed by atoms with van der Waals surface area (Å²) in [6.45, 7) is 1.74. The van der Waals surface area contributed by atoms with Gasteiger partial charge in [-0.05, 0) is 43.9 Å². The fraction of sp³-hybridized carbons (Fsp3) is 0.667. The molecule has 1 aromatic rings. The first-order valence-electron chi connectivity index (χ1n) is 7.32. The number of nitrogens with one attached hydrogen (secondary N) is 1. The van der Waals surface area contributed by atoms with Gasteiger partial charge in [-0.1, -0.05) is 12.8 Å². The van der Waals surface area contributed by atoms with Gasteiger partial charge in [-0.15, -0.1) is 0 Å². The third kappa shape index (κ3) is 2.41. The number of likely N-dealkylation sites (N-methyl/N-ethyl adjacent to an activating group) is 1. The first-order chi connectivity index (χ1) is 9.29. The molecule has 1 aromatic heterocycles. The number of carbonyl (C=O) groups is 1. The summed E-state index contributed by atoms with van der Waals surface area (Å²) in [6, 6.07) is 1.68. The van der Waals surface area contributed by atoms with Crippen molar-refractivity contribution >= 4 is 5.91 Å². The largest absolute Gasteiger partial charge is 0.467 e. The standard InChI is InChI=1S/C15H22N2O2/c1-16-13-14-12(7-9-19-14)6-8-17(15(13)18)10-11-4-2-3-5-11/h7,9,11,13,16H,2-6,8,10H2,1H3. The van der Waals surface area contributed by atoms with Crippen LogP contribution in [0.2, 0.25) is 0 Å². The van der Waals surface area contributed by atoms with Gasteiger partial charge in [-0.2, -0.15) is 0 Å². The van der Waals surface area contributed by atoms with Crippen LogP contribution in [0.15, 0.2) is 16.7 Å². The molecule has 104 valence electrons. The number of rotatable bonds is 3. The summed E-state index contributed by atoms with van der Waals surface area (Å²) in [5.74, 6) is 1.68. The number of furan rings is 1. The summed E-state index contributed by atoms with van der Waals surface area (Å²) in [6.07, 6.45) is 7.79. The van der Waals surface area contributed by atoms with Gasteiger partial charge in [-0.3, -0.25) is 4.79 Å². The van der Waals surface area contributed by atoms with Crippen molar-refractivity contribution in [2.75, 3.05) is 20.1 Å². The second-order valence-corrected chi connectivity index (χ2v) is 5.72. The zero-order chi connectivity index (χ0) is 13.2. The molecular formula is C15H22N2O2. The Bertz CT molecular complexity index is 449. The van der Waals surface area contributed by atoms with Gasteiger partial charge in [-0.25, -0.2) is 0 Å². The lowest BCUT2D eigenvalue weighted by atomic mass is 10.1. The van der Waals surface area contributed by atoms with E-state index in [0.717, 1.165) is 25.3 Å². The quantitative estimate of drug-likeness (QED) is 0.907. The van der Waals surface area contributed by atoms with Crippen molar-refractivity contribution in [3.63, 3.8) is 0 Å². The summed E-state index contributed by atoms with van der Waals surface area (Å²) in [5.41, 5.74) is 1.17. The average Bonchev–Trinajstić information content (AvgIpc) is 3.04. The van der Waals surface area contributed by atoms with Gasteiger partial charge in [0.15, 0.2) is 0 Å². The zero-order valence-electron chi connectivity index (χ0n) is 11.5. The molecule has 1 atom stereocenters. The Morgan fingerprint density at radius 1 is 1.42 bits per heavy atom. The second-order valence-electron chi connectivity index (χ2n) is 5.72. The molecule has 0 saturated heterocycles. The smallest absolute Gasteiger partial charge is 0.247 e. The Morgan fingerprint density at radius 3 is 2.95 bits per heavy atom. The van der Waals surface area contributed by atoms with Crippen LogP contribution >= 0.6 is 0 Å². The Labute approximate surface area is 114 Å². The van der Waals surface area contributed by atoms with E-state index in [-0.39, 0.29) is 11.9 Å². The van der Waals surface area contributed by atoms with E-state index in [1.807, 2.05) is 18.0 Å².